The Hall–Kier alpha value is -0.560. The number of thioether (sulfide) groups is 1. The molecule has 0 bridgehead atoms. The maximum atomic E-state index is 11.4. The highest BCUT2D eigenvalue weighted by Crippen LogP contribution is 2.19. The molecular weight excluding hydrogens is 294 g/mol. The SMILES string of the molecule is CSC(CO)C(C)NC(C)c1ccc(S(C)(=O)=O)cc1. The van der Waals surface area contributed by atoms with Crippen LogP contribution < -0.4 is 5.32 Å². The van der Waals surface area contributed by atoms with Gasteiger partial charge < -0.3 is 10.4 Å². The molecule has 0 amide bonds. The van der Waals surface area contributed by atoms with Gasteiger partial charge in [-0.25, -0.2) is 8.42 Å². The minimum atomic E-state index is -3.15. The van der Waals surface area contributed by atoms with Crippen LogP contribution >= 0.6 is 11.8 Å². The Balaban J connectivity index is 2.75. The Morgan fingerprint density at radius 3 is 2.20 bits per heavy atom. The van der Waals surface area contributed by atoms with Crippen LogP contribution in [0.2, 0.25) is 0 Å². The third-order valence-corrected chi connectivity index (χ3v) is 5.65. The van der Waals surface area contributed by atoms with Crippen molar-refractivity contribution in [2.45, 2.75) is 36.1 Å². The molecule has 0 spiro atoms. The average Bonchev–Trinajstić information content (AvgIpc) is 2.39. The predicted octanol–water partition coefficient (Wildman–Crippen LogP) is 1.85. The first-order valence-electron chi connectivity index (χ1n) is 6.49. The summed E-state index contributed by atoms with van der Waals surface area (Å²) in [6.45, 7) is 4.20. The fourth-order valence-corrected chi connectivity index (χ4v) is 3.30. The molecule has 0 fully saturated rings. The van der Waals surface area contributed by atoms with Gasteiger partial charge in [-0.05, 0) is 37.8 Å². The molecule has 20 heavy (non-hydrogen) atoms. The fourth-order valence-electron chi connectivity index (χ4n) is 2.04. The highest BCUT2D eigenvalue weighted by atomic mass is 32.2. The molecular formula is C14H23NO3S2. The summed E-state index contributed by atoms with van der Waals surface area (Å²) in [5, 5.41) is 12.9. The summed E-state index contributed by atoms with van der Waals surface area (Å²) in [5.74, 6) is 0. The molecule has 0 saturated heterocycles. The summed E-state index contributed by atoms with van der Waals surface area (Å²) in [6, 6.07) is 7.18. The zero-order chi connectivity index (χ0) is 15.3. The van der Waals surface area contributed by atoms with E-state index in [-0.39, 0.29) is 23.9 Å². The molecule has 0 aromatic heterocycles. The van der Waals surface area contributed by atoms with Gasteiger partial charge in [-0.15, -0.1) is 0 Å². The summed E-state index contributed by atoms with van der Waals surface area (Å²) in [6.07, 6.45) is 3.18. The van der Waals surface area contributed by atoms with Gasteiger partial charge in [0.2, 0.25) is 0 Å². The normalized spacial score (nSPS) is 16.6. The van der Waals surface area contributed by atoms with E-state index in [9.17, 15) is 13.5 Å². The molecule has 114 valence electrons. The zero-order valence-electron chi connectivity index (χ0n) is 12.3. The first kappa shape index (κ1) is 17.5. The zero-order valence-corrected chi connectivity index (χ0v) is 14.0. The van der Waals surface area contributed by atoms with E-state index >= 15 is 0 Å². The molecule has 0 aliphatic heterocycles. The number of aliphatic hydroxyl groups is 1. The van der Waals surface area contributed by atoms with E-state index in [4.69, 9.17) is 0 Å². The quantitative estimate of drug-likeness (QED) is 0.803. The van der Waals surface area contributed by atoms with E-state index < -0.39 is 9.84 Å². The van der Waals surface area contributed by atoms with Gasteiger partial charge in [0.05, 0.1) is 11.5 Å². The molecule has 6 heteroatoms. The number of hydrogen-bond donors (Lipinski definition) is 2. The summed E-state index contributed by atoms with van der Waals surface area (Å²) in [5.41, 5.74) is 1.03. The summed E-state index contributed by atoms with van der Waals surface area (Å²) in [4.78, 5) is 0.332. The Bertz CT molecular complexity index is 510. The molecule has 0 radical (unpaired) electrons. The molecule has 1 aromatic rings. The van der Waals surface area contributed by atoms with Crippen molar-refractivity contribution in [3.63, 3.8) is 0 Å². The van der Waals surface area contributed by atoms with Crippen molar-refractivity contribution in [1.29, 1.82) is 0 Å². The minimum absolute atomic E-state index is 0.0970. The fraction of sp³-hybridized carbons (Fsp3) is 0.571. The standard InChI is InChI=1S/C14H23NO3S2/c1-10(15-11(2)14(9-16)19-3)12-5-7-13(8-6-12)20(4,17)18/h5-8,10-11,14-16H,9H2,1-4H3. The van der Waals surface area contributed by atoms with E-state index in [0.717, 1.165) is 5.56 Å². The van der Waals surface area contributed by atoms with Crippen LogP contribution in [0.1, 0.15) is 25.5 Å². The molecule has 3 unspecified atom stereocenters. The lowest BCUT2D eigenvalue weighted by molar-refractivity contribution is 0.272. The predicted molar refractivity (Wildman–Crippen MR) is 85.0 cm³/mol. The van der Waals surface area contributed by atoms with Crippen molar-refractivity contribution in [1.82, 2.24) is 5.32 Å². The molecule has 3 atom stereocenters. The van der Waals surface area contributed by atoms with E-state index in [1.807, 2.05) is 32.2 Å². The Morgan fingerprint density at radius 1 is 1.25 bits per heavy atom. The van der Waals surface area contributed by atoms with Crippen LogP contribution in [0.4, 0.5) is 0 Å². The molecule has 1 rings (SSSR count). The number of aliphatic hydroxyl groups excluding tert-OH is 1. The van der Waals surface area contributed by atoms with Crippen molar-refractivity contribution in [3.8, 4) is 0 Å². The molecule has 0 aliphatic carbocycles. The third-order valence-electron chi connectivity index (χ3n) is 3.36. The van der Waals surface area contributed by atoms with Gasteiger partial charge in [-0.3, -0.25) is 0 Å². The molecule has 1 aromatic carbocycles. The lowest BCUT2D eigenvalue weighted by atomic mass is 10.1. The van der Waals surface area contributed by atoms with Gasteiger partial charge in [-0.2, -0.15) is 11.8 Å². The van der Waals surface area contributed by atoms with E-state index in [1.165, 1.54) is 6.26 Å². The summed E-state index contributed by atoms with van der Waals surface area (Å²) in [7, 11) is -3.15. The number of rotatable bonds is 7. The average molecular weight is 317 g/mol. The van der Waals surface area contributed by atoms with Gasteiger partial charge in [0.1, 0.15) is 0 Å². The van der Waals surface area contributed by atoms with Gasteiger partial charge in [-0.1, -0.05) is 12.1 Å². The van der Waals surface area contributed by atoms with Gasteiger partial charge in [0.15, 0.2) is 9.84 Å². The molecule has 4 nitrogen and oxygen atoms in total. The second-order valence-electron chi connectivity index (χ2n) is 4.97. The van der Waals surface area contributed by atoms with Crippen LogP contribution in [-0.2, 0) is 9.84 Å². The molecule has 0 aliphatic rings. The first-order valence-corrected chi connectivity index (χ1v) is 9.67. The minimum Gasteiger partial charge on any atom is -0.395 e. The Kier molecular flexibility index (Phi) is 6.51. The number of nitrogens with one attached hydrogen (secondary N) is 1. The topological polar surface area (TPSA) is 66.4 Å². The number of benzene rings is 1. The maximum absolute atomic E-state index is 11.4. The van der Waals surface area contributed by atoms with Crippen LogP contribution in [0.5, 0.6) is 0 Å². The first-order chi connectivity index (χ1) is 9.29. The van der Waals surface area contributed by atoms with Crippen LogP contribution in [0, 0.1) is 0 Å². The lowest BCUT2D eigenvalue weighted by Gasteiger charge is -2.25. The van der Waals surface area contributed by atoms with E-state index in [1.54, 1.807) is 23.9 Å². The lowest BCUT2D eigenvalue weighted by Crippen LogP contribution is -2.38. The highest BCUT2D eigenvalue weighted by Gasteiger charge is 2.18. The monoisotopic (exact) mass is 317 g/mol. The van der Waals surface area contributed by atoms with Gasteiger partial charge >= 0.3 is 0 Å². The van der Waals surface area contributed by atoms with E-state index in [0.29, 0.717) is 4.90 Å². The smallest absolute Gasteiger partial charge is 0.175 e. The van der Waals surface area contributed by atoms with Crippen molar-refractivity contribution < 1.29 is 13.5 Å². The summed E-state index contributed by atoms with van der Waals surface area (Å²) >= 11 is 1.63. The molecule has 2 N–H and O–H groups in total. The maximum Gasteiger partial charge on any atom is 0.175 e. The third kappa shape index (κ3) is 4.77. The largest absolute Gasteiger partial charge is 0.395 e. The number of sulfone groups is 1. The van der Waals surface area contributed by atoms with Crippen molar-refractivity contribution >= 4 is 21.6 Å². The van der Waals surface area contributed by atoms with Crippen molar-refractivity contribution in [3.05, 3.63) is 29.8 Å². The highest BCUT2D eigenvalue weighted by molar-refractivity contribution is 7.99. The van der Waals surface area contributed by atoms with Crippen molar-refractivity contribution in [2.24, 2.45) is 0 Å². The second kappa shape index (κ2) is 7.45. The number of hydrogen-bond acceptors (Lipinski definition) is 5. The van der Waals surface area contributed by atoms with Crippen molar-refractivity contribution in [2.75, 3.05) is 19.1 Å². The molecule has 0 heterocycles. The summed E-state index contributed by atoms with van der Waals surface area (Å²) < 4.78 is 22.8. The van der Waals surface area contributed by atoms with Crippen LogP contribution in [0.25, 0.3) is 0 Å². The van der Waals surface area contributed by atoms with Crippen LogP contribution in [0.15, 0.2) is 29.2 Å². The second-order valence-corrected chi connectivity index (χ2v) is 8.07. The Morgan fingerprint density at radius 2 is 1.80 bits per heavy atom. The van der Waals surface area contributed by atoms with E-state index in [2.05, 4.69) is 5.32 Å². The van der Waals surface area contributed by atoms with Gasteiger partial charge in [0, 0.05) is 23.6 Å². The Labute approximate surface area is 125 Å². The van der Waals surface area contributed by atoms with Crippen LogP contribution in [-0.4, -0.2) is 43.9 Å². The van der Waals surface area contributed by atoms with Gasteiger partial charge in [0.25, 0.3) is 0 Å². The molecule has 0 saturated carbocycles. The van der Waals surface area contributed by atoms with Crippen LogP contribution in [0.3, 0.4) is 0 Å².